The highest BCUT2D eigenvalue weighted by Gasteiger charge is 2.46. The normalized spacial score (nSPS) is 14.5. The van der Waals surface area contributed by atoms with Gasteiger partial charge in [0.05, 0.1) is 18.8 Å². The summed E-state index contributed by atoms with van der Waals surface area (Å²) in [6.07, 6.45) is 0.565. The average molecular weight is 433 g/mol. The van der Waals surface area contributed by atoms with Crippen molar-refractivity contribution in [2.45, 2.75) is 45.5 Å². The molecule has 1 unspecified atom stereocenters. The van der Waals surface area contributed by atoms with Crippen LogP contribution in [0.3, 0.4) is 0 Å². The minimum Gasteiger partial charge on any atom is -0.387 e. The fraction of sp³-hybridized carbons (Fsp3) is 0.500. The third kappa shape index (κ3) is 7.01. The van der Waals surface area contributed by atoms with Crippen LogP contribution in [-0.2, 0) is 23.1 Å². The van der Waals surface area contributed by atoms with E-state index in [0.717, 1.165) is 10.4 Å². The first-order chi connectivity index (χ1) is 14.2. The van der Waals surface area contributed by atoms with Crippen LogP contribution in [0.4, 0.5) is 0 Å². The number of rotatable bonds is 12. The van der Waals surface area contributed by atoms with E-state index in [1.165, 1.54) is 0 Å². The van der Waals surface area contributed by atoms with Crippen LogP contribution in [0.5, 0.6) is 0 Å². The van der Waals surface area contributed by atoms with Crippen molar-refractivity contribution in [2.75, 3.05) is 34.0 Å². The van der Waals surface area contributed by atoms with E-state index in [2.05, 4.69) is 45.0 Å². The lowest BCUT2D eigenvalue weighted by Gasteiger charge is -2.38. The summed E-state index contributed by atoms with van der Waals surface area (Å²) < 4.78 is 30.1. The van der Waals surface area contributed by atoms with Gasteiger partial charge >= 0.3 is 8.56 Å². The molecule has 0 N–H and O–H groups in total. The Balaban J connectivity index is 2.33. The molecule has 2 aromatic carbocycles. The molecular weight excluding hydrogens is 396 g/mol. The van der Waals surface area contributed by atoms with Crippen molar-refractivity contribution >= 4 is 18.9 Å². The summed E-state index contributed by atoms with van der Waals surface area (Å²) in [5.41, 5.74) is -0.378. The number of methoxy groups -OCH3 is 2. The van der Waals surface area contributed by atoms with Gasteiger partial charge in [0.25, 0.3) is 0 Å². The monoisotopic (exact) mass is 432 g/mol. The maximum Gasteiger partial charge on any atom is 0.407 e. The smallest absolute Gasteiger partial charge is 0.387 e. The molecule has 0 aromatic heterocycles. The molecule has 2 aromatic rings. The predicted octanol–water partition coefficient (Wildman–Crippen LogP) is 3.49. The lowest BCUT2D eigenvalue weighted by atomic mass is 10.2. The molecule has 6 heteroatoms. The third-order valence-electron chi connectivity index (χ3n) is 4.75. The Hall–Kier alpha value is -1.54. The largest absolute Gasteiger partial charge is 0.407 e. The molecule has 0 spiro atoms. The van der Waals surface area contributed by atoms with E-state index >= 15 is 0 Å². The summed E-state index contributed by atoms with van der Waals surface area (Å²) in [6, 6.07) is 20.5. The number of hydrogen-bond donors (Lipinski definition) is 0. The highest BCUT2D eigenvalue weighted by atomic mass is 28.4. The molecule has 2 rings (SSSR count). The lowest BCUT2D eigenvalue weighted by Crippen LogP contribution is -2.66. The van der Waals surface area contributed by atoms with Gasteiger partial charge in [-0.05, 0) is 38.1 Å². The van der Waals surface area contributed by atoms with Gasteiger partial charge in [0.2, 0.25) is 0 Å². The van der Waals surface area contributed by atoms with Crippen LogP contribution in [0.2, 0.25) is 0 Å². The van der Waals surface area contributed by atoms with E-state index in [0.29, 0.717) is 26.2 Å². The van der Waals surface area contributed by atoms with Crippen LogP contribution < -0.4 is 10.4 Å². The third-order valence-corrected chi connectivity index (χ3v) is 8.44. The molecule has 166 valence electrons. The first-order valence-electron chi connectivity index (χ1n) is 10.4. The van der Waals surface area contributed by atoms with Gasteiger partial charge in [0.1, 0.15) is 0 Å². The van der Waals surface area contributed by atoms with Gasteiger partial charge in [-0.15, -0.1) is 0 Å². The van der Waals surface area contributed by atoms with Crippen LogP contribution in [0.25, 0.3) is 0 Å². The van der Waals surface area contributed by atoms with E-state index in [-0.39, 0.29) is 5.60 Å². The van der Waals surface area contributed by atoms with E-state index in [4.69, 9.17) is 23.1 Å². The van der Waals surface area contributed by atoms with Crippen molar-refractivity contribution in [3.63, 3.8) is 0 Å². The number of hydrogen-bond acceptors (Lipinski definition) is 5. The summed E-state index contributed by atoms with van der Waals surface area (Å²) in [5.74, 6) is -0.756. The molecule has 1 atom stereocenters. The highest BCUT2D eigenvalue weighted by Crippen LogP contribution is 2.22. The summed E-state index contributed by atoms with van der Waals surface area (Å²) >= 11 is 0. The van der Waals surface area contributed by atoms with Gasteiger partial charge in [-0.25, -0.2) is 0 Å². The van der Waals surface area contributed by atoms with Crippen LogP contribution in [0, 0.1) is 0 Å². The molecule has 0 bridgehead atoms. The van der Waals surface area contributed by atoms with E-state index < -0.39 is 14.3 Å². The standard InChI is InChI=1S/C24H36O5Si/c1-23(2,3)29-30(21-13-9-7-10-14-21,22-15-11-8-12-16-22)28-18-17-24(4,26-6)27-20-19-25-5/h7-16H,17-20H2,1-6H3. The Morgan fingerprint density at radius 2 is 1.27 bits per heavy atom. The fourth-order valence-electron chi connectivity index (χ4n) is 3.18. The van der Waals surface area contributed by atoms with Crippen molar-refractivity contribution in [1.29, 1.82) is 0 Å². The number of ether oxygens (including phenoxy) is 3. The van der Waals surface area contributed by atoms with Gasteiger partial charge in [-0.2, -0.15) is 0 Å². The summed E-state index contributed by atoms with van der Waals surface area (Å²) in [4.78, 5) is 0. The Morgan fingerprint density at radius 1 is 0.733 bits per heavy atom. The van der Waals surface area contributed by atoms with Crippen molar-refractivity contribution in [1.82, 2.24) is 0 Å². The Bertz CT molecular complexity index is 693. The van der Waals surface area contributed by atoms with Gasteiger partial charge in [0.15, 0.2) is 5.79 Å². The zero-order valence-corrected chi connectivity index (χ0v) is 20.1. The summed E-state index contributed by atoms with van der Waals surface area (Å²) in [5, 5.41) is 2.15. The molecule has 0 heterocycles. The Morgan fingerprint density at radius 3 is 1.70 bits per heavy atom. The maximum absolute atomic E-state index is 6.76. The average Bonchev–Trinajstić information content (AvgIpc) is 2.73. The quantitative estimate of drug-likeness (QED) is 0.292. The van der Waals surface area contributed by atoms with Crippen LogP contribution in [-0.4, -0.2) is 54.0 Å². The molecule has 30 heavy (non-hydrogen) atoms. The molecule has 0 aliphatic heterocycles. The first-order valence-corrected chi connectivity index (χ1v) is 12.2. The molecule has 0 amide bonds. The molecule has 5 nitrogen and oxygen atoms in total. The second-order valence-corrected chi connectivity index (χ2v) is 11.2. The molecule has 0 saturated carbocycles. The van der Waals surface area contributed by atoms with Crippen LogP contribution in [0.15, 0.2) is 60.7 Å². The van der Waals surface area contributed by atoms with Gasteiger partial charge < -0.3 is 23.1 Å². The molecule has 0 aliphatic rings. The van der Waals surface area contributed by atoms with Crippen molar-refractivity contribution < 1.29 is 23.1 Å². The van der Waals surface area contributed by atoms with Gasteiger partial charge in [-0.1, -0.05) is 60.7 Å². The maximum atomic E-state index is 6.76. The highest BCUT2D eigenvalue weighted by molar-refractivity contribution is 6.92. The summed E-state index contributed by atoms with van der Waals surface area (Å²) in [6.45, 7) is 9.53. The SMILES string of the molecule is COCCOC(C)(CCO[Si](OC(C)(C)C)(c1ccccc1)c1ccccc1)OC. The molecule has 0 radical (unpaired) electrons. The minimum absolute atomic E-state index is 0.378. The van der Waals surface area contributed by atoms with Gasteiger partial charge in [0, 0.05) is 27.2 Å². The van der Waals surface area contributed by atoms with Gasteiger partial charge in [-0.3, -0.25) is 0 Å². The molecule has 0 fully saturated rings. The van der Waals surface area contributed by atoms with Crippen LogP contribution in [0.1, 0.15) is 34.1 Å². The van der Waals surface area contributed by atoms with E-state index in [9.17, 15) is 0 Å². The van der Waals surface area contributed by atoms with E-state index in [1.807, 2.05) is 43.3 Å². The zero-order chi connectivity index (χ0) is 22.1. The predicted molar refractivity (Wildman–Crippen MR) is 123 cm³/mol. The second-order valence-electron chi connectivity index (χ2n) is 8.34. The Labute approximate surface area is 182 Å². The topological polar surface area (TPSA) is 46.2 Å². The minimum atomic E-state index is -2.97. The zero-order valence-electron chi connectivity index (χ0n) is 19.1. The molecular formula is C24H36O5Si. The number of benzene rings is 2. The van der Waals surface area contributed by atoms with E-state index in [1.54, 1.807) is 14.2 Å². The lowest BCUT2D eigenvalue weighted by molar-refractivity contribution is -0.221. The fourth-order valence-corrected chi connectivity index (χ4v) is 6.66. The summed E-state index contributed by atoms with van der Waals surface area (Å²) in [7, 11) is 0.334. The van der Waals surface area contributed by atoms with Crippen LogP contribution >= 0.6 is 0 Å². The van der Waals surface area contributed by atoms with Crippen molar-refractivity contribution in [2.24, 2.45) is 0 Å². The van der Waals surface area contributed by atoms with Crippen molar-refractivity contribution in [3.8, 4) is 0 Å². The molecule has 0 aliphatic carbocycles. The molecule has 0 saturated heterocycles. The first kappa shape index (κ1) is 24.7. The van der Waals surface area contributed by atoms with Crippen molar-refractivity contribution in [3.05, 3.63) is 60.7 Å². The second kappa shape index (κ2) is 11.2. The Kier molecular flexibility index (Phi) is 9.22.